The average molecular weight is 467 g/mol. The minimum absolute atomic E-state index is 0.147. The van der Waals surface area contributed by atoms with Crippen molar-refractivity contribution in [3.63, 3.8) is 0 Å². The van der Waals surface area contributed by atoms with Crippen molar-refractivity contribution in [2.45, 2.75) is 32.5 Å². The van der Waals surface area contributed by atoms with E-state index in [0.717, 1.165) is 60.1 Å². The van der Waals surface area contributed by atoms with E-state index >= 15 is 0 Å². The molecule has 34 heavy (non-hydrogen) atoms. The number of allylic oxidation sites excluding steroid dienone is 1. The van der Waals surface area contributed by atoms with Crippen LogP contribution < -0.4 is 11.6 Å². The molecule has 1 amide bonds. The van der Waals surface area contributed by atoms with Crippen molar-refractivity contribution >= 4 is 33.5 Å². The number of halogens is 1. The molecule has 180 valence electrons. The third-order valence-corrected chi connectivity index (χ3v) is 6.85. The highest BCUT2D eigenvalue weighted by Gasteiger charge is 2.31. The number of carbonyl (C=O) groups is 1. The predicted octanol–water partition coefficient (Wildman–Crippen LogP) is 2.86. The average Bonchev–Trinajstić information content (AvgIpc) is 3.09. The highest BCUT2D eigenvalue weighted by molar-refractivity contribution is 6.09. The van der Waals surface area contributed by atoms with E-state index in [1.165, 1.54) is 9.91 Å². The van der Waals surface area contributed by atoms with Gasteiger partial charge in [-0.1, -0.05) is 0 Å². The predicted molar refractivity (Wildman–Crippen MR) is 130 cm³/mol. The molecule has 2 aliphatic heterocycles. The fourth-order valence-corrected chi connectivity index (χ4v) is 5.09. The van der Waals surface area contributed by atoms with E-state index < -0.39 is 6.17 Å². The normalized spacial score (nSPS) is 18.3. The van der Waals surface area contributed by atoms with Gasteiger partial charge in [-0.05, 0) is 49.9 Å². The van der Waals surface area contributed by atoms with E-state index in [4.69, 9.17) is 21.3 Å². The van der Waals surface area contributed by atoms with Gasteiger partial charge in [0.25, 0.3) is 5.91 Å². The first-order valence-electron chi connectivity index (χ1n) is 11.7. The summed E-state index contributed by atoms with van der Waals surface area (Å²) < 4.78 is 21.1. The Morgan fingerprint density at radius 1 is 1.21 bits per heavy atom. The fraction of sp³-hybridized carbons (Fsp3) is 0.440. The molecule has 1 aromatic carbocycles. The van der Waals surface area contributed by atoms with Crippen molar-refractivity contribution in [2.75, 3.05) is 33.4 Å². The number of alkyl halides is 1. The lowest BCUT2D eigenvalue weighted by Gasteiger charge is -2.34. The molecule has 0 bridgehead atoms. The van der Waals surface area contributed by atoms with Gasteiger partial charge in [-0.2, -0.15) is 0 Å². The highest BCUT2D eigenvalue weighted by Crippen LogP contribution is 2.33. The minimum Gasteiger partial charge on any atom is -0.401 e. The van der Waals surface area contributed by atoms with Crippen LogP contribution in [0.25, 0.3) is 27.6 Å². The lowest BCUT2D eigenvalue weighted by Crippen LogP contribution is -2.51. The zero-order valence-corrected chi connectivity index (χ0v) is 19.6. The number of likely N-dealkylation sites (tertiary alicyclic amines) is 1. The van der Waals surface area contributed by atoms with Crippen molar-refractivity contribution in [3.05, 3.63) is 47.3 Å². The molecule has 4 N–H and O–H groups in total. The molecule has 0 unspecified atom stereocenters. The molecule has 2 aromatic heterocycles. The largest absolute Gasteiger partial charge is 0.401 e. The second kappa shape index (κ2) is 8.88. The van der Waals surface area contributed by atoms with Gasteiger partial charge in [0.05, 0.1) is 35.3 Å². The highest BCUT2D eigenvalue weighted by atomic mass is 19.1. The van der Waals surface area contributed by atoms with E-state index in [0.29, 0.717) is 22.9 Å². The molecule has 2 saturated heterocycles. The summed E-state index contributed by atoms with van der Waals surface area (Å²) in [5.41, 5.74) is 11.6. The molecular weight excluding hydrogens is 435 g/mol. The quantitative estimate of drug-likeness (QED) is 0.443. The summed E-state index contributed by atoms with van der Waals surface area (Å²) in [6, 6.07) is 7.77. The number of amides is 1. The molecule has 0 spiro atoms. The Hall–Kier alpha value is -3.17. The number of carbonyl (C=O) groups excluding carboxylic acids is 1. The topological polar surface area (TPSA) is 103 Å². The molecule has 9 heteroatoms. The number of nitrogens with two attached hydrogens (primary N) is 2. The van der Waals surface area contributed by atoms with Crippen LogP contribution in [-0.2, 0) is 11.3 Å². The van der Waals surface area contributed by atoms with Crippen molar-refractivity contribution < 1.29 is 13.9 Å². The van der Waals surface area contributed by atoms with Gasteiger partial charge in [0, 0.05) is 55.2 Å². The van der Waals surface area contributed by atoms with Crippen molar-refractivity contribution in [3.8, 4) is 0 Å². The van der Waals surface area contributed by atoms with E-state index in [1.54, 1.807) is 13.2 Å². The molecule has 0 aliphatic carbocycles. The first-order chi connectivity index (χ1) is 16.3. The third kappa shape index (κ3) is 3.99. The van der Waals surface area contributed by atoms with Crippen LogP contribution in [0.1, 0.15) is 35.7 Å². The molecule has 0 saturated carbocycles. The van der Waals surface area contributed by atoms with Gasteiger partial charge in [0.1, 0.15) is 6.17 Å². The molecule has 2 aliphatic rings. The number of fused-ring (bicyclic) bond motifs is 3. The Bertz CT molecular complexity index is 1270. The SMILES string of the molecule is C/C(N)=C(\c1cnc2c3cc(C(=O)N4CC(F)C4)ccc3n(CC3CCOCC3)c2c1)N(C)N. The second-order valence-electron chi connectivity index (χ2n) is 9.44. The number of nitrogens with zero attached hydrogens (tertiary/aromatic N) is 4. The van der Waals surface area contributed by atoms with Crippen LogP contribution >= 0.6 is 0 Å². The zero-order chi connectivity index (χ0) is 24.0. The number of pyridine rings is 1. The van der Waals surface area contributed by atoms with Gasteiger partial charge in [-0.3, -0.25) is 9.78 Å². The second-order valence-corrected chi connectivity index (χ2v) is 9.44. The Balaban J connectivity index is 1.64. The van der Waals surface area contributed by atoms with Gasteiger partial charge in [-0.15, -0.1) is 0 Å². The van der Waals surface area contributed by atoms with Crippen LogP contribution in [0.4, 0.5) is 4.39 Å². The maximum atomic E-state index is 13.3. The number of rotatable bonds is 5. The molecule has 3 aromatic rings. The first-order valence-corrected chi connectivity index (χ1v) is 11.7. The van der Waals surface area contributed by atoms with Gasteiger partial charge in [-0.25, -0.2) is 10.2 Å². The molecule has 0 radical (unpaired) electrons. The van der Waals surface area contributed by atoms with Crippen LogP contribution in [0.3, 0.4) is 0 Å². The van der Waals surface area contributed by atoms with Crippen molar-refractivity contribution in [1.82, 2.24) is 19.5 Å². The summed E-state index contributed by atoms with van der Waals surface area (Å²) >= 11 is 0. The zero-order valence-electron chi connectivity index (χ0n) is 19.6. The number of aromatic nitrogens is 2. The minimum atomic E-state index is -0.928. The Kier molecular flexibility index (Phi) is 5.91. The summed E-state index contributed by atoms with van der Waals surface area (Å²) in [6.45, 7) is 4.50. The molecule has 5 rings (SSSR count). The summed E-state index contributed by atoms with van der Waals surface area (Å²) in [5, 5.41) is 2.42. The monoisotopic (exact) mass is 466 g/mol. The Labute approximate surface area is 197 Å². The maximum absolute atomic E-state index is 13.3. The molecule has 4 heterocycles. The lowest BCUT2D eigenvalue weighted by molar-refractivity contribution is 0.0400. The number of benzene rings is 1. The lowest BCUT2D eigenvalue weighted by atomic mass is 10.0. The molecule has 8 nitrogen and oxygen atoms in total. The summed E-state index contributed by atoms with van der Waals surface area (Å²) in [7, 11) is 1.75. The van der Waals surface area contributed by atoms with Crippen LogP contribution in [0, 0.1) is 5.92 Å². The van der Waals surface area contributed by atoms with Crippen LogP contribution in [-0.4, -0.2) is 64.9 Å². The van der Waals surface area contributed by atoms with E-state index in [-0.39, 0.29) is 19.0 Å². The molecular formula is C25H31FN6O2. The Morgan fingerprint density at radius 3 is 2.59 bits per heavy atom. The van der Waals surface area contributed by atoms with Crippen molar-refractivity contribution in [1.29, 1.82) is 0 Å². The van der Waals surface area contributed by atoms with Gasteiger partial charge >= 0.3 is 0 Å². The smallest absolute Gasteiger partial charge is 0.254 e. The number of hydrazine groups is 1. The number of hydrogen-bond acceptors (Lipinski definition) is 6. The molecule has 0 atom stereocenters. The van der Waals surface area contributed by atoms with Crippen LogP contribution in [0.5, 0.6) is 0 Å². The van der Waals surface area contributed by atoms with E-state index in [2.05, 4.69) is 10.6 Å². The van der Waals surface area contributed by atoms with Crippen molar-refractivity contribution in [2.24, 2.45) is 17.5 Å². The van der Waals surface area contributed by atoms with Gasteiger partial charge in [0.15, 0.2) is 0 Å². The van der Waals surface area contributed by atoms with Crippen LogP contribution in [0.2, 0.25) is 0 Å². The van der Waals surface area contributed by atoms with E-state index in [1.807, 2.05) is 25.1 Å². The standard InChI is InChI=1S/C25H31FN6O2/c1-15(27)24(30(2)28)18-10-22-23(29-11-18)20-9-17(25(33)31-13-19(26)14-31)3-4-21(20)32(22)12-16-5-7-34-8-6-16/h3-4,9-11,16,19H,5-8,12-14,27-28H2,1-2H3/b24-15-. The third-order valence-electron chi connectivity index (χ3n) is 6.85. The summed E-state index contributed by atoms with van der Waals surface area (Å²) in [5.74, 6) is 6.41. The Morgan fingerprint density at radius 2 is 1.94 bits per heavy atom. The van der Waals surface area contributed by atoms with Crippen LogP contribution in [0.15, 0.2) is 36.2 Å². The summed E-state index contributed by atoms with van der Waals surface area (Å²) in [6.07, 6.45) is 2.85. The number of ether oxygens (including phenoxy) is 1. The number of hydrogen-bond donors (Lipinski definition) is 2. The first kappa shape index (κ1) is 22.6. The van der Waals surface area contributed by atoms with Gasteiger partial charge in [0.2, 0.25) is 0 Å². The van der Waals surface area contributed by atoms with Gasteiger partial charge < -0.3 is 24.9 Å². The molecule has 2 fully saturated rings. The summed E-state index contributed by atoms with van der Waals surface area (Å²) in [4.78, 5) is 19.2. The van der Waals surface area contributed by atoms with E-state index in [9.17, 15) is 9.18 Å². The maximum Gasteiger partial charge on any atom is 0.254 e. The fourth-order valence-electron chi connectivity index (χ4n) is 5.09.